The van der Waals surface area contributed by atoms with Gasteiger partial charge in [-0.1, -0.05) is 60.7 Å². The minimum Gasteiger partial charge on any atom is -0.328 e. The topological polar surface area (TPSA) is 20.3 Å². The number of rotatable bonds is 6. The quantitative estimate of drug-likeness (QED) is 0.547. The first-order valence-electron chi connectivity index (χ1n) is 8.40. The zero-order valence-electron chi connectivity index (χ0n) is 14.4. The maximum absolute atomic E-state index is 13.3. The van der Waals surface area contributed by atoms with Gasteiger partial charge in [0.05, 0.1) is 5.92 Å². The Kier molecular flexibility index (Phi) is 5.96. The summed E-state index contributed by atoms with van der Waals surface area (Å²) in [7, 11) is 0. The van der Waals surface area contributed by atoms with Gasteiger partial charge in [0.15, 0.2) is 0 Å². The standard InChI is InChI=1S/C21H18F3NOS/c22-21(23,24)15-25(13-16-11-12-27-14-16)20(26)19(17-7-3-1-4-8-17)18-9-5-2-6-10-18/h1-12,14,19H,13,15H2. The van der Waals surface area contributed by atoms with Crippen LogP contribution in [0.1, 0.15) is 22.6 Å². The summed E-state index contributed by atoms with van der Waals surface area (Å²) in [6.45, 7) is -1.35. The molecule has 0 N–H and O–H groups in total. The van der Waals surface area contributed by atoms with Crippen LogP contribution in [0.3, 0.4) is 0 Å². The summed E-state index contributed by atoms with van der Waals surface area (Å²) in [5.74, 6) is -1.34. The second-order valence-corrected chi connectivity index (χ2v) is 6.98. The Labute approximate surface area is 159 Å². The molecule has 3 rings (SSSR count). The molecule has 0 spiro atoms. The number of thiophene rings is 1. The maximum atomic E-state index is 13.3. The average molecular weight is 389 g/mol. The number of hydrogen-bond acceptors (Lipinski definition) is 2. The van der Waals surface area contributed by atoms with Gasteiger partial charge < -0.3 is 4.90 Å². The van der Waals surface area contributed by atoms with Crippen molar-refractivity contribution in [1.29, 1.82) is 0 Å². The zero-order chi connectivity index (χ0) is 19.3. The summed E-state index contributed by atoms with van der Waals surface area (Å²) in [6.07, 6.45) is -4.47. The van der Waals surface area contributed by atoms with E-state index in [4.69, 9.17) is 0 Å². The summed E-state index contributed by atoms with van der Waals surface area (Å²) in [6, 6.07) is 19.6. The molecular formula is C21H18F3NOS. The fourth-order valence-corrected chi connectivity index (χ4v) is 3.64. The third-order valence-electron chi connectivity index (χ3n) is 4.15. The highest BCUT2D eigenvalue weighted by Gasteiger charge is 2.36. The van der Waals surface area contributed by atoms with Crippen molar-refractivity contribution < 1.29 is 18.0 Å². The molecule has 0 aliphatic rings. The number of amides is 1. The van der Waals surface area contributed by atoms with Gasteiger partial charge in [-0.2, -0.15) is 24.5 Å². The normalized spacial score (nSPS) is 11.6. The number of halogens is 3. The molecule has 0 saturated heterocycles. The number of carbonyl (C=O) groups is 1. The maximum Gasteiger partial charge on any atom is 0.406 e. The molecule has 0 radical (unpaired) electrons. The SMILES string of the molecule is O=C(C(c1ccccc1)c1ccccc1)N(Cc1ccsc1)CC(F)(F)F. The Morgan fingerprint density at radius 3 is 1.93 bits per heavy atom. The van der Waals surface area contributed by atoms with E-state index in [9.17, 15) is 18.0 Å². The van der Waals surface area contributed by atoms with Gasteiger partial charge in [-0.25, -0.2) is 0 Å². The van der Waals surface area contributed by atoms with Crippen molar-refractivity contribution in [2.75, 3.05) is 6.54 Å². The number of alkyl halides is 3. The molecule has 0 aliphatic carbocycles. The van der Waals surface area contributed by atoms with Gasteiger partial charge in [-0.05, 0) is 33.5 Å². The number of benzene rings is 2. The molecule has 1 heterocycles. The summed E-state index contributed by atoms with van der Waals surface area (Å²) >= 11 is 1.39. The van der Waals surface area contributed by atoms with Crippen molar-refractivity contribution in [3.8, 4) is 0 Å². The van der Waals surface area contributed by atoms with Crippen molar-refractivity contribution in [2.45, 2.75) is 18.6 Å². The fourth-order valence-electron chi connectivity index (χ4n) is 2.98. The van der Waals surface area contributed by atoms with E-state index in [0.717, 1.165) is 4.90 Å². The minimum absolute atomic E-state index is 0.0714. The number of hydrogen-bond donors (Lipinski definition) is 0. The molecule has 0 aliphatic heterocycles. The largest absolute Gasteiger partial charge is 0.406 e. The zero-order valence-corrected chi connectivity index (χ0v) is 15.2. The molecule has 3 aromatic rings. The Morgan fingerprint density at radius 1 is 0.926 bits per heavy atom. The molecule has 0 atom stereocenters. The molecule has 27 heavy (non-hydrogen) atoms. The van der Waals surface area contributed by atoms with Crippen LogP contribution in [0, 0.1) is 0 Å². The molecule has 0 fully saturated rings. The van der Waals surface area contributed by atoms with Gasteiger partial charge in [0, 0.05) is 6.54 Å². The van der Waals surface area contributed by atoms with Crippen LogP contribution in [0.5, 0.6) is 0 Å². The Morgan fingerprint density at radius 2 is 1.48 bits per heavy atom. The van der Waals surface area contributed by atoms with Gasteiger partial charge in [0.2, 0.25) is 5.91 Å². The van der Waals surface area contributed by atoms with Crippen LogP contribution in [-0.4, -0.2) is 23.5 Å². The van der Waals surface area contributed by atoms with Gasteiger partial charge in [0.25, 0.3) is 0 Å². The Bertz CT molecular complexity index is 809. The van der Waals surface area contributed by atoms with Crippen molar-refractivity contribution in [1.82, 2.24) is 4.90 Å². The highest BCUT2D eigenvalue weighted by Crippen LogP contribution is 2.29. The highest BCUT2D eigenvalue weighted by atomic mass is 32.1. The van der Waals surface area contributed by atoms with Crippen LogP contribution >= 0.6 is 11.3 Å². The molecule has 140 valence electrons. The van der Waals surface area contributed by atoms with E-state index in [2.05, 4.69) is 0 Å². The number of carbonyl (C=O) groups excluding carboxylic acids is 1. The van der Waals surface area contributed by atoms with E-state index in [1.54, 1.807) is 65.4 Å². The summed E-state index contributed by atoms with van der Waals surface area (Å²) in [4.78, 5) is 14.2. The minimum atomic E-state index is -4.47. The first-order chi connectivity index (χ1) is 12.9. The lowest BCUT2D eigenvalue weighted by Crippen LogP contribution is -2.41. The Balaban J connectivity index is 1.98. The molecular weight excluding hydrogens is 371 g/mol. The van der Waals surface area contributed by atoms with E-state index in [-0.39, 0.29) is 6.54 Å². The van der Waals surface area contributed by atoms with E-state index >= 15 is 0 Å². The summed E-state index contributed by atoms with van der Waals surface area (Å²) < 4.78 is 39.5. The van der Waals surface area contributed by atoms with Gasteiger partial charge in [-0.3, -0.25) is 4.79 Å². The smallest absolute Gasteiger partial charge is 0.328 e. The molecule has 2 nitrogen and oxygen atoms in total. The van der Waals surface area contributed by atoms with E-state index in [1.165, 1.54) is 11.3 Å². The number of nitrogens with zero attached hydrogens (tertiary/aromatic N) is 1. The van der Waals surface area contributed by atoms with Crippen molar-refractivity contribution in [2.24, 2.45) is 0 Å². The van der Waals surface area contributed by atoms with Crippen LogP contribution in [0.4, 0.5) is 13.2 Å². The lowest BCUT2D eigenvalue weighted by atomic mass is 9.90. The van der Waals surface area contributed by atoms with E-state index in [0.29, 0.717) is 16.7 Å². The predicted octanol–water partition coefficient (Wildman–Crippen LogP) is 5.47. The molecule has 6 heteroatoms. The highest BCUT2D eigenvalue weighted by molar-refractivity contribution is 7.07. The third kappa shape index (κ3) is 5.20. The van der Waals surface area contributed by atoms with Gasteiger partial charge in [-0.15, -0.1) is 0 Å². The fraction of sp³-hybridized carbons (Fsp3) is 0.190. The average Bonchev–Trinajstić information content (AvgIpc) is 3.15. The van der Waals surface area contributed by atoms with Crippen LogP contribution < -0.4 is 0 Å². The van der Waals surface area contributed by atoms with E-state index in [1.807, 2.05) is 12.1 Å². The summed E-state index contributed by atoms with van der Waals surface area (Å²) in [5, 5.41) is 3.55. The van der Waals surface area contributed by atoms with Gasteiger partial charge >= 0.3 is 6.18 Å². The third-order valence-corrected chi connectivity index (χ3v) is 4.88. The molecule has 1 aromatic heterocycles. The molecule has 0 bridgehead atoms. The molecule has 1 amide bonds. The molecule has 0 unspecified atom stereocenters. The molecule has 0 saturated carbocycles. The first kappa shape index (κ1) is 19.2. The monoisotopic (exact) mass is 389 g/mol. The van der Waals surface area contributed by atoms with Crippen molar-refractivity contribution in [3.05, 3.63) is 94.2 Å². The van der Waals surface area contributed by atoms with Crippen LogP contribution in [0.2, 0.25) is 0 Å². The first-order valence-corrected chi connectivity index (χ1v) is 9.35. The van der Waals surface area contributed by atoms with Crippen molar-refractivity contribution >= 4 is 17.2 Å². The van der Waals surface area contributed by atoms with Gasteiger partial charge in [0.1, 0.15) is 6.54 Å². The predicted molar refractivity (Wildman–Crippen MR) is 101 cm³/mol. The van der Waals surface area contributed by atoms with Crippen LogP contribution in [-0.2, 0) is 11.3 Å². The van der Waals surface area contributed by atoms with Crippen LogP contribution in [0.15, 0.2) is 77.5 Å². The lowest BCUT2D eigenvalue weighted by molar-refractivity contribution is -0.162. The lowest BCUT2D eigenvalue weighted by Gasteiger charge is -2.28. The van der Waals surface area contributed by atoms with Crippen molar-refractivity contribution in [3.63, 3.8) is 0 Å². The van der Waals surface area contributed by atoms with Crippen LogP contribution in [0.25, 0.3) is 0 Å². The molecule has 2 aromatic carbocycles. The second-order valence-electron chi connectivity index (χ2n) is 6.20. The summed E-state index contributed by atoms with van der Waals surface area (Å²) in [5.41, 5.74) is 2.04. The Hall–Kier alpha value is -2.60. The second kappa shape index (κ2) is 8.39. The van der Waals surface area contributed by atoms with E-state index < -0.39 is 24.5 Å².